The summed E-state index contributed by atoms with van der Waals surface area (Å²) in [5.74, 6) is 0.955. The number of hydrogen-bond acceptors (Lipinski definition) is 3. The average molecular weight is 240 g/mol. The molecule has 0 aromatic carbocycles. The molecule has 0 aliphatic rings. The second-order valence-corrected chi connectivity index (χ2v) is 4.38. The first-order valence-electron chi connectivity index (χ1n) is 5.08. The highest BCUT2D eigenvalue weighted by molar-refractivity contribution is 6.31. The molecule has 4 nitrogen and oxygen atoms in total. The Morgan fingerprint density at radius 1 is 1.50 bits per heavy atom. The molecule has 0 bridgehead atoms. The van der Waals surface area contributed by atoms with Gasteiger partial charge in [0.25, 0.3) is 0 Å². The fourth-order valence-electron chi connectivity index (χ4n) is 1.78. The van der Waals surface area contributed by atoms with Crippen LogP contribution < -0.4 is 5.73 Å². The summed E-state index contributed by atoms with van der Waals surface area (Å²) in [5.41, 5.74) is 8.58. The van der Waals surface area contributed by atoms with Crippen molar-refractivity contribution in [2.75, 3.05) is 5.73 Å². The normalized spacial score (nSPS) is 11.3. The number of hydrogen-bond donors (Lipinski definition) is 1. The maximum atomic E-state index is 5.99. The van der Waals surface area contributed by atoms with E-state index in [1.165, 1.54) is 0 Å². The molecular formula is C11H14ClN3O. The van der Waals surface area contributed by atoms with Crippen molar-refractivity contribution in [2.45, 2.75) is 19.8 Å². The number of halogens is 1. The van der Waals surface area contributed by atoms with Gasteiger partial charge in [0.1, 0.15) is 11.5 Å². The number of aromatic nitrogens is 2. The Balaban J connectivity index is 2.66. The third kappa shape index (κ3) is 1.59. The smallest absolute Gasteiger partial charge is 0.202 e. The van der Waals surface area contributed by atoms with Crippen LogP contribution in [0.1, 0.15) is 25.3 Å². The lowest BCUT2D eigenvalue weighted by atomic mass is 10.0. The predicted octanol–water partition coefficient (Wildman–Crippen LogP) is 3.04. The number of anilines is 1. The molecule has 2 heterocycles. The zero-order chi connectivity index (χ0) is 11.9. The summed E-state index contributed by atoms with van der Waals surface area (Å²) in [6.07, 6.45) is 1.55. The standard InChI is InChI=1S/C11H14ClN3O/c1-6(2)8-9(14-15(3)11(8)13)7-4-5-16-10(7)12/h4-6H,13H2,1-3H3. The van der Waals surface area contributed by atoms with Crippen LogP contribution in [-0.4, -0.2) is 9.78 Å². The van der Waals surface area contributed by atoms with Gasteiger partial charge in [-0.05, 0) is 23.6 Å². The van der Waals surface area contributed by atoms with E-state index in [1.807, 2.05) is 7.05 Å². The molecule has 0 unspecified atom stereocenters. The van der Waals surface area contributed by atoms with Gasteiger partial charge in [-0.25, -0.2) is 0 Å². The van der Waals surface area contributed by atoms with E-state index in [9.17, 15) is 0 Å². The van der Waals surface area contributed by atoms with E-state index in [4.69, 9.17) is 21.8 Å². The van der Waals surface area contributed by atoms with Crippen molar-refractivity contribution in [1.29, 1.82) is 0 Å². The molecule has 0 amide bonds. The number of nitrogens with two attached hydrogens (primary N) is 1. The van der Waals surface area contributed by atoms with Crippen molar-refractivity contribution in [3.63, 3.8) is 0 Å². The summed E-state index contributed by atoms with van der Waals surface area (Å²) in [5, 5.41) is 4.73. The lowest BCUT2D eigenvalue weighted by molar-refractivity contribution is 0.570. The highest BCUT2D eigenvalue weighted by Gasteiger charge is 2.21. The summed E-state index contributed by atoms with van der Waals surface area (Å²) in [6, 6.07) is 1.80. The summed E-state index contributed by atoms with van der Waals surface area (Å²) in [7, 11) is 1.82. The molecule has 0 spiro atoms. The van der Waals surface area contributed by atoms with Crippen molar-refractivity contribution in [3.8, 4) is 11.3 Å². The molecule has 0 aliphatic carbocycles. The monoisotopic (exact) mass is 239 g/mol. The molecule has 0 saturated carbocycles. The zero-order valence-corrected chi connectivity index (χ0v) is 10.2. The van der Waals surface area contributed by atoms with Gasteiger partial charge < -0.3 is 10.2 Å². The van der Waals surface area contributed by atoms with Crippen molar-refractivity contribution in [3.05, 3.63) is 23.1 Å². The van der Waals surface area contributed by atoms with Crippen molar-refractivity contribution >= 4 is 17.4 Å². The first-order valence-corrected chi connectivity index (χ1v) is 5.46. The van der Waals surface area contributed by atoms with E-state index in [0.717, 1.165) is 16.8 Å². The van der Waals surface area contributed by atoms with Crippen molar-refractivity contribution in [2.24, 2.45) is 7.05 Å². The third-order valence-electron chi connectivity index (χ3n) is 2.58. The first kappa shape index (κ1) is 11.1. The van der Waals surface area contributed by atoms with E-state index in [0.29, 0.717) is 11.0 Å². The van der Waals surface area contributed by atoms with Gasteiger partial charge >= 0.3 is 0 Å². The van der Waals surface area contributed by atoms with Crippen LogP contribution in [0, 0.1) is 0 Å². The second kappa shape index (κ2) is 3.87. The number of nitrogen functional groups attached to an aromatic ring is 1. The largest absolute Gasteiger partial charge is 0.452 e. The van der Waals surface area contributed by atoms with Gasteiger partial charge in [-0.15, -0.1) is 0 Å². The SMILES string of the molecule is CC(C)c1c(-c2ccoc2Cl)nn(C)c1N. The van der Waals surface area contributed by atoms with Gasteiger partial charge in [0.15, 0.2) is 0 Å². The molecular weight excluding hydrogens is 226 g/mol. The average Bonchev–Trinajstić information content (AvgIpc) is 2.72. The fraction of sp³-hybridized carbons (Fsp3) is 0.364. The Morgan fingerprint density at radius 2 is 2.19 bits per heavy atom. The summed E-state index contributed by atoms with van der Waals surface area (Å²) >= 11 is 5.96. The van der Waals surface area contributed by atoms with Crippen LogP contribution in [0.25, 0.3) is 11.3 Å². The van der Waals surface area contributed by atoms with Crippen LogP contribution in [0.2, 0.25) is 5.22 Å². The zero-order valence-electron chi connectivity index (χ0n) is 9.49. The minimum atomic E-state index is 0.287. The Labute approximate surface area is 99.0 Å². The molecule has 2 aromatic rings. The Hall–Kier alpha value is -1.42. The van der Waals surface area contributed by atoms with Gasteiger partial charge in [0.05, 0.1) is 11.8 Å². The summed E-state index contributed by atoms with van der Waals surface area (Å²) < 4.78 is 6.74. The van der Waals surface area contributed by atoms with E-state index in [1.54, 1.807) is 17.0 Å². The van der Waals surface area contributed by atoms with E-state index < -0.39 is 0 Å². The van der Waals surface area contributed by atoms with Gasteiger partial charge in [-0.3, -0.25) is 4.68 Å². The molecule has 16 heavy (non-hydrogen) atoms. The molecule has 0 radical (unpaired) electrons. The van der Waals surface area contributed by atoms with E-state index in [2.05, 4.69) is 18.9 Å². The van der Waals surface area contributed by atoms with Crippen LogP contribution >= 0.6 is 11.6 Å². The van der Waals surface area contributed by atoms with Crippen molar-refractivity contribution < 1.29 is 4.42 Å². The lowest BCUT2D eigenvalue weighted by Crippen LogP contribution is -2.00. The van der Waals surface area contributed by atoms with Gasteiger partial charge in [-0.1, -0.05) is 13.8 Å². The number of rotatable bonds is 2. The number of aryl methyl sites for hydroxylation is 1. The maximum Gasteiger partial charge on any atom is 0.202 e. The molecule has 0 saturated heterocycles. The minimum Gasteiger partial charge on any atom is -0.452 e. The highest BCUT2D eigenvalue weighted by Crippen LogP contribution is 2.36. The van der Waals surface area contributed by atoms with Crippen molar-refractivity contribution in [1.82, 2.24) is 9.78 Å². The summed E-state index contributed by atoms with van der Waals surface area (Å²) in [4.78, 5) is 0. The third-order valence-corrected chi connectivity index (χ3v) is 2.87. The number of furan rings is 1. The lowest BCUT2D eigenvalue weighted by Gasteiger charge is -2.05. The molecule has 0 atom stereocenters. The quantitative estimate of drug-likeness (QED) is 0.876. The van der Waals surface area contributed by atoms with Crippen LogP contribution in [0.4, 0.5) is 5.82 Å². The second-order valence-electron chi connectivity index (χ2n) is 4.03. The molecule has 5 heteroatoms. The Kier molecular flexibility index (Phi) is 2.68. The predicted molar refractivity (Wildman–Crippen MR) is 64.4 cm³/mol. The molecule has 2 N–H and O–H groups in total. The van der Waals surface area contributed by atoms with E-state index >= 15 is 0 Å². The number of nitrogens with zero attached hydrogens (tertiary/aromatic N) is 2. The van der Waals surface area contributed by atoms with Crippen LogP contribution in [-0.2, 0) is 7.05 Å². The maximum absolute atomic E-state index is 5.99. The minimum absolute atomic E-state index is 0.287. The Bertz CT molecular complexity index is 513. The molecule has 2 aromatic heterocycles. The molecule has 0 aliphatic heterocycles. The van der Waals surface area contributed by atoms with Crippen LogP contribution in [0.15, 0.2) is 16.7 Å². The summed E-state index contributed by atoms with van der Waals surface area (Å²) in [6.45, 7) is 4.15. The molecule has 86 valence electrons. The Morgan fingerprint density at radius 3 is 2.69 bits per heavy atom. The van der Waals surface area contributed by atoms with Gasteiger partial charge in [-0.2, -0.15) is 5.10 Å². The molecule has 2 rings (SSSR count). The topological polar surface area (TPSA) is 57.0 Å². The van der Waals surface area contributed by atoms with E-state index in [-0.39, 0.29) is 5.92 Å². The first-order chi connectivity index (χ1) is 7.52. The van der Waals surface area contributed by atoms with Crippen LogP contribution in [0.3, 0.4) is 0 Å². The van der Waals surface area contributed by atoms with Gasteiger partial charge in [0, 0.05) is 12.6 Å². The molecule has 0 fully saturated rings. The van der Waals surface area contributed by atoms with Gasteiger partial charge in [0.2, 0.25) is 5.22 Å². The highest BCUT2D eigenvalue weighted by atomic mass is 35.5. The van der Waals surface area contributed by atoms with Crippen LogP contribution in [0.5, 0.6) is 0 Å². The fourth-order valence-corrected chi connectivity index (χ4v) is 1.99.